The van der Waals surface area contributed by atoms with Gasteiger partial charge in [-0.2, -0.15) is 13.2 Å². The maximum Gasteiger partial charge on any atom is 0.416 e. The number of fused-ring (bicyclic) bond motifs is 1. The van der Waals surface area contributed by atoms with Gasteiger partial charge in [0.2, 0.25) is 0 Å². The second-order valence-corrected chi connectivity index (χ2v) is 11.3. The van der Waals surface area contributed by atoms with E-state index in [1.807, 2.05) is 6.92 Å². The van der Waals surface area contributed by atoms with Crippen LogP contribution < -0.4 is 4.74 Å². The first-order valence-electron chi connectivity index (χ1n) is 13.1. The second kappa shape index (κ2) is 10.1. The molecule has 8 heteroatoms. The van der Waals surface area contributed by atoms with Crippen LogP contribution in [0.5, 0.6) is 5.75 Å². The number of halogens is 4. The first-order chi connectivity index (χ1) is 17.6. The number of carbonyl (C=O) groups excluding carboxylic acids is 1. The van der Waals surface area contributed by atoms with Crippen molar-refractivity contribution in [2.45, 2.75) is 69.7 Å². The highest BCUT2D eigenvalue weighted by atomic mass is 35.5. The van der Waals surface area contributed by atoms with Gasteiger partial charge in [-0.15, -0.1) is 0 Å². The number of nitrogens with zero attached hydrogens (tertiary/aromatic N) is 1. The van der Waals surface area contributed by atoms with Crippen molar-refractivity contribution in [3.8, 4) is 5.75 Å². The Morgan fingerprint density at radius 1 is 1.16 bits per heavy atom. The van der Waals surface area contributed by atoms with Gasteiger partial charge in [-0.25, -0.2) is 0 Å². The van der Waals surface area contributed by atoms with E-state index in [4.69, 9.17) is 21.1 Å². The van der Waals surface area contributed by atoms with E-state index in [-0.39, 0.29) is 35.5 Å². The number of likely N-dealkylation sites (tertiary alicyclic amines) is 1. The van der Waals surface area contributed by atoms with Gasteiger partial charge in [-0.3, -0.25) is 9.69 Å². The van der Waals surface area contributed by atoms with Gasteiger partial charge in [0.25, 0.3) is 0 Å². The van der Waals surface area contributed by atoms with E-state index in [0.29, 0.717) is 24.0 Å². The maximum atomic E-state index is 13.5. The van der Waals surface area contributed by atoms with Crippen LogP contribution in [0.25, 0.3) is 0 Å². The number of ether oxygens (including phenoxy) is 2. The van der Waals surface area contributed by atoms with Gasteiger partial charge in [0.05, 0.1) is 18.6 Å². The van der Waals surface area contributed by atoms with Gasteiger partial charge in [-0.1, -0.05) is 30.7 Å². The number of methoxy groups -OCH3 is 1. The third-order valence-corrected chi connectivity index (χ3v) is 8.66. The molecule has 2 atom stereocenters. The molecule has 1 saturated heterocycles. The van der Waals surface area contributed by atoms with E-state index < -0.39 is 11.7 Å². The van der Waals surface area contributed by atoms with Crippen LogP contribution in [0.4, 0.5) is 13.2 Å². The van der Waals surface area contributed by atoms with E-state index >= 15 is 0 Å². The Kier molecular flexibility index (Phi) is 7.22. The van der Waals surface area contributed by atoms with Crippen molar-refractivity contribution < 1.29 is 27.4 Å². The predicted octanol–water partition coefficient (Wildman–Crippen LogP) is 7.02. The van der Waals surface area contributed by atoms with Crippen LogP contribution in [0, 0.1) is 11.8 Å². The van der Waals surface area contributed by atoms with Crippen molar-refractivity contribution in [1.29, 1.82) is 0 Å². The van der Waals surface area contributed by atoms with Gasteiger partial charge >= 0.3 is 12.1 Å². The van der Waals surface area contributed by atoms with E-state index in [1.165, 1.54) is 24.8 Å². The lowest BCUT2D eigenvalue weighted by Gasteiger charge is -2.45. The molecule has 2 fully saturated rings. The lowest BCUT2D eigenvalue weighted by Crippen LogP contribution is -2.49. The summed E-state index contributed by atoms with van der Waals surface area (Å²) in [5, 5.41) is 0.311. The standard InChI is InChI=1S/C29H33ClF3NO3/c1-18(27(35)36-2)26(20-4-5-20)21-6-3-19-9-10-28(37-25(19)16-21)11-13-34(14-12-28)17-22-15-23(30)7-8-24(22)29(31,32)33/h3,6-8,15-16,18,20,26H,4-5,9-14,17H2,1-2H3. The van der Waals surface area contributed by atoms with Crippen LogP contribution >= 0.6 is 11.6 Å². The lowest BCUT2D eigenvalue weighted by atomic mass is 9.80. The molecule has 0 N–H and O–H groups in total. The fourth-order valence-electron chi connectivity index (χ4n) is 6.16. The number of hydrogen-bond donors (Lipinski definition) is 0. The van der Waals surface area contributed by atoms with E-state index in [1.54, 1.807) is 0 Å². The molecular weight excluding hydrogens is 503 g/mol. The average molecular weight is 536 g/mol. The zero-order valence-corrected chi connectivity index (χ0v) is 22.0. The first-order valence-corrected chi connectivity index (χ1v) is 13.4. The van der Waals surface area contributed by atoms with Gasteiger partial charge in [-0.05, 0) is 91.3 Å². The monoisotopic (exact) mass is 535 g/mol. The highest BCUT2D eigenvalue weighted by molar-refractivity contribution is 6.30. The SMILES string of the molecule is COC(=O)C(C)C(c1ccc2c(c1)OC1(CC2)CCN(Cc2cc(Cl)ccc2C(F)(F)F)CC1)C1CC1. The topological polar surface area (TPSA) is 38.8 Å². The van der Waals surface area contributed by atoms with Gasteiger partial charge in [0.1, 0.15) is 11.4 Å². The highest BCUT2D eigenvalue weighted by Gasteiger charge is 2.42. The number of hydrogen-bond acceptors (Lipinski definition) is 4. The molecule has 2 aromatic rings. The molecule has 0 radical (unpaired) electrons. The van der Waals surface area contributed by atoms with Crippen LogP contribution in [-0.2, 0) is 28.7 Å². The summed E-state index contributed by atoms with van der Waals surface area (Å²) in [5.74, 6) is 1.08. The molecule has 3 aliphatic rings. The summed E-state index contributed by atoms with van der Waals surface area (Å²) < 4.78 is 52.2. The molecule has 2 heterocycles. The van der Waals surface area contributed by atoms with Crippen LogP contribution in [0.3, 0.4) is 0 Å². The summed E-state index contributed by atoms with van der Waals surface area (Å²) in [4.78, 5) is 14.4. The molecule has 4 nitrogen and oxygen atoms in total. The molecule has 200 valence electrons. The molecule has 1 saturated carbocycles. The van der Waals surface area contributed by atoms with Crippen molar-refractivity contribution in [2.75, 3.05) is 20.2 Å². The van der Waals surface area contributed by atoms with Crippen LogP contribution in [0.1, 0.15) is 67.2 Å². The second-order valence-electron chi connectivity index (χ2n) is 10.9. The summed E-state index contributed by atoms with van der Waals surface area (Å²) in [5.41, 5.74) is 1.56. The van der Waals surface area contributed by atoms with Crippen LogP contribution in [-0.4, -0.2) is 36.7 Å². The Bertz CT molecular complexity index is 1160. The third-order valence-electron chi connectivity index (χ3n) is 8.43. The van der Waals surface area contributed by atoms with Gasteiger partial charge < -0.3 is 9.47 Å². The van der Waals surface area contributed by atoms with Crippen LogP contribution in [0.2, 0.25) is 5.02 Å². The Balaban J connectivity index is 1.29. The number of carbonyl (C=O) groups is 1. The van der Waals surface area contributed by atoms with E-state index in [9.17, 15) is 18.0 Å². The first kappa shape index (κ1) is 26.4. The molecule has 0 amide bonds. The molecule has 1 aliphatic carbocycles. The zero-order chi connectivity index (χ0) is 26.4. The molecule has 2 aromatic carbocycles. The molecule has 2 unspecified atom stereocenters. The zero-order valence-electron chi connectivity index (χ0n) is 21.2. The minimum absolute atomic E-state index is 0.113. The summed E-state index contributed by atoms with van der Waals surface area (Å²) in [6.07, 6.45) is 1.13. The van der Waals surface area contributed by atoms with E-state index in [0.717, 1.165) is 55.9 Å². The molecule has 1 spiro atoms. The van der Waals surface area contributed by atoms with Crippen molar-refractivity contribution in [2.24, 2.45) is 11.8 Å². The fourth-order valence-corrected chi connectivity index (χ4v) is 6.36. The minimum Gasteiger partial charge on any atom is -0.487 e. The molecule has 37 heavy (non-hydrogen) atoms. The molecule has 2 aliphatic heterocycles. The largest absolute Gasteiger partial charge is 0.487 e. The Morgan fingerprint density at radius 2 is 1.89 bits per heavy atom. The summed E-state index contributed by atoms with van der Waals surface area (Å²) in [6.45, 7) is 3.46. The number of aryl methyl sites for hydroxylation is 1. The maximum absolute atomic E-state index is 13.5. The molecule has 5 rings (SSSR count). The number of alkyl halides is 3. The smallest absolute Gasteiger partial charge is 0.416 e. The van der Waals surface area contributed by atoms with Crippen molar-refractivity contribution >= 4 is 17.6 Å². The highest BCUT2D eigenvalue weighted by Crippen LogP contribution is 2.49. The fraction of sp³-hybridized carbons (Fsp3) is 0.552. The molecular formula is C29H33ClF3NO3. The molecule has 0 bridgehead atoms. The predicted molar refractivity (Wildman–Crippen MR) is 136 cm³/mol. The molecule has 0 aromatic heterocycles. The minimum atomic E-state index is -4.41. The summed E-state index contributed by atoms with van der Waals surface area (Å²) >= 11 is 6.02. The average Bonchev–Trinajstić information content (AvgIpc) is 3.69. The van der Waals surface area contributed by atoms with Gasteiger partial charge in [0.15, 0.2) is 0 Å². The van der Waals surface area contributed by atoms with Gasteiger partial charge in [0, 0.05) is 24.7 Å². The Labute approximate surface area is 221 Å². The summed E-state index contributed by atoms with van der Waals surface area (Å²) in [6, 6.07) is 10.2. The Morgan fingerprint density at radius 3 is 2.54 bits per heavy atom. The summed E-state index contributed by atoms with van der Waals surface area (Å²) in [7, 11) is 1.44. The van der Waals surface area contributed by atoms with Crippen LogP contribution in [0.15, 0.2) is 36.4 Å². The number of esters is 1. The number of benzene rings is 2. The third kappa shape index (κ3) is 5.63. The van der Waals surface area contributed by atoms with Crippen molar-refractivity contribution in [1.82, 2.24) is 4.90 Å². The lowest BCUT2D eigenvalue weighted by molar-refractivity contribution is -0.145. The van der Waals surface area contributed by atoms with Crippen molar-refractivity contribution in [3.05, 3.63) is 63.7 Å². The van der Waals surface area contributed by atoms with Crippen molar-refractivity contribution in [3.63, 3.8) is 0 Å². The number of piperidine rings is 1. The Hall–Kier alpha value is -2.25. The normalized spacial score (nSPS) is 21.1. The van der Waals surface area contributed by atoms with E-state index in [2.05, 4.69) is 23.1 Å². The number of rotatable bonds is 6. The quantitative estimate of drug-likeness (QED) is 0.373.